The van der Waals surface area contributed by atoms with E-state index in [0.717, 1.165) is 6.54 Å². The minimum Gasteiger partial charge on any atom is -0.393 e. The molecule has 2 aliphatic rings. The largest absolute Gasteiger partial charge is 0.393 e. The van der Waals surface area contributed by atoms with Gasteiger partial charge < -0.3 is 15.3 Å². The third-order valence-corrected chi connectivity index (χ3v) is 3.84. The predicted molar refractivity (Wildman–Crippen MR) is 71.3 cm³/mol. The van der Waals surface area contributed by atoms with Crippen molar-refractivity contribution >= 4 is 11.8 Å². The van der Waals surface area contributed by atoms with Gasteiger partial charge in [-0.3, -0.25) is 9.59 Å². The molecule has 1 saturated heterocycles. The van der Waals surface area contributed by atoms with E-state index in [1.807, 2.05) is 11.8 Å². The molecule has 2 fully saturated rings. The zero-order valence-corrected chi connectivity index (χ0v) is 11.8. The maximum atomic E-state index is 12.1. The van der Waals surface area contributed by atoms with Gasteiger partial charge in [0.05, 0.1) is 12.0 Å². The van der Waals surface area contributed by atoms with Crippen LogP contribution in [0.5, 0.6) is 0 Å². The van der Waals surface area contributed by atoms with Crippen molar-refractivity contribution in [2.75, 3.05) is 13.1 Å². The molecule has 1 saturated carbocycles. The maximum Gasteiger partial charge on any atom is 0.225 e. The average Bonchev–Trinajstić information content (AvgIpc) is 3.02. The summed E-state index contributed by atoms with van der Waals surface area (Å²) in [6.07, 6.45) is 2.88. The SMILES string of the molecule is CC(O)CC(C)NC(=O)C1CC(=O)N(CC2CC2)C1. The van der Waals surface area contributed by atoms with Gasteiger partial charge in [0.15, 0.2) is 0 Å². The molecule has 0 aromatic rings. The van der Waals surface area contributed by atoms with E-state index >= 15 is 0 Å². The number of nitrogens with one attached hydrogen (secondary N) is 1. The van der Waals surface area contributed by atoms with Gasteiger partial charge in [-0.1, -0.05) is 0 Å². The van der Waals surface area contributed by atoms with Crippen LogP contribution in [-0.2, 0) is 9.59 Å². The lowest BCUT2D eigenvalue weighted by Gasteiger charge is -2.19. The predicted octanol–water partition coefficient (Wildman–Crippen LogP) is 0.520. The number of hydrogen-bond donors (Lipinski definition) is 2. The van der Waals surface area contributed by atoms with Gasteiger partial charge in [0.25, 0.3) is 0 Å². The molecule has 1 heterocycles. The Morgan fingerprint density at radius 3 is 2.74 bits per heavy atom. The number of hydrogen-bond acceptors (Lipinski definition) is 3. The zero-order valence-electron chi connectivity index (χ0n) is 11.8. The van der Waals surface area contributed by atoms with Crippen molar-refractivity contribution in [3.63, 3.8) is 0 Å². The number of nitrogens with zero attached hydrogens (tertiary/aromatic N) is 1. The van der Waals surface area contributed by atoms with Crippen LogP contribution in [0.2, 0.25) is 0 Å². The molecule has 108 valence electrons. The molecule has 0 bridgehead atoms. The Balaban J connectivity index is 1.78. The highest BCUT2D eigenvalue weighted by molar-refractivity contribution is 5.89. The summed E-state index contributed by atoms with van der Waals surface area (Å²) in [5.74, 6) is 0.498. The summed E-state index contributed by atoms with van der Waals surface area (Å²) in [6, 6.07) is -0.0555. The molecule has 3 unspecified atom stereocenters. The van der Waals surface area contributed by atoms with E-state index in [1.54, 1.807) is 6.92 Å². The molecular formula is C14H24N2O3. The highest BCUT2D eigenvalue weighted by atomic mass is 16.3. The fraction of sp³-hybridized carbons (Fsp3) is 0.857. The van der Waals surface area contributed by atoms with E-state index in [1.165, 1.54) is 12.8 Å². The van der Waals surface area contributed by atoms with Crippen molar-refractivity contribution < 1.29 is 14.7 Å². The van der Waals surface area contributed by atoms with Crippen LogP contribution in [0, 0.1) is 11.8 Å². The molecule has 0 spiro atoms. The summed E-state index contributed by atoms with van der Waals surface area (Å²) >= 11 is 0. The molecule has 0 aromatic carbocycles. The Kier molecular flexibility index (Phi) is 4.45. The number of likely N-dealkylation sites (tertiary alicyclic amines) is 1. The van der Waals surface area contributed by atoms with E-state index in [4.69, 9.17) is 0 Å². The van der Waals surface area contributed by atoms with E-state index in [9.17, 15) is 14.7 Å². The quantitative estimate of drug-likeness (QED) is 0.738. The molecular weight excluding hydrogens is 244 g/mol. The highest BCUT2D eigenvalue weighted by Crippen LogP contribution is 2.32. The van der Waals surface area contributed by atoms with Gasteiger partial charge in [-0.2, -0.15) is 0 Å². The second-order valence-corrected chi connectivity index (χ2v) is 6.14. The Morgan fingerprint density at radius 1 is 1.47 bits per heavy atom. The lowest BCUT2D eigenvalue weighted by molar-refractivity contribution is -0.129. The highest BCUT2D eigenvalue weighted by Gasteiger charge is 2.37. The molecule has 2 amide bonds. The van der Waals surface area contributed by atoms with Gasteiger partial charge in [0.1, 0.15) is 0 Å². The molecule has 5 heteroatoms. The third kappa shape index (κ3) is 4.20. The van der Waals surface area contributed by atoms with Crippen molar-refractivity contribution in [1.82, 2.24) is 10.2 Å². The lowest BCUT2D eigenvalue weighted by atomic mass is 10.1. The number of aliphatic hydroxyl groups excluding tert-OH is 1. The fourth-order valence-electron chi connectivity index (χ4n) is 2.67. The van der Waals surface area contributed by atoms with Crippen molar-refractivity contribution in [2.45, 2.75) is 51.7 Å². The Labute approximate surface area is 114 Å². The van der Waals surface area contributed by atoms with Crippen LogP contribution >= 0.6 is 0 Å². The Morgan fingerprint density at radius 2 is 2.16 bits per heavy atom. The van der Waals surface area contributed by atoms with Crippen molar-refractivity contribution in [1.29, 1.82) is 0 Å². The molecule has 3 atom stereocenters. The summed E-state index contributed by atoms with van der Waals surface area (Å²) in [7, 11) is 0. The second-order valence-electron chi connectivity index (χ2n) is 6.14. The monoisotopic (exact) mass is 268 g/mol. The van der Waals surface area contributed by atoms with Gasteiger partial charge >= 0.3 is 0 Å². The second kappa shape index (κ2) is 5.90. The van der Waals surface area contributed by atoms with Crippen LogP contribution in [0.4, 0.5) is 0 Å². The van der Waals surface area contributed by atoms with Crippen LogP contribution in [-0.4, -0.2) is 47.1 Å². The topological polar surface area (TPSA) is 69.6 Å². The Bertz CT molecular complexity index is 353. The van der Waals surface area contributed by atoms with Crippen LogP contribution < -0.4 is 5.32 Å². The van der Waals surface area contributed by atoms with Gasteiger partial charge in [-0.15, -0.1) is 0 Å². The van der Waals surface area contributed by atoms with Crippen LogP contribution in [0.1, 0.15) is 39.5 Å². The fourth-order valence-corrected chi connectivity index (χ4v) is 2.67. The first kappa shape index (κ1) is 14.3. The first-order valence-corrected chi connectivity index (χ1v) is 7.22. The van der Waals surface area contributed by atoms with E-state index in [-0.39, 0.29) is 23.8 Å². The van der Waals surface area contributed by atoms with Crippen molar-refractivity contribution in [2.24, 2.45) is 11.8 Å². The smallest absolute Gasteiger partial charge is 0.225 e. The van der Waals surface area contributed by atoms with Gasteiger partial charge in [0.2, 0.25) is 11.8 Å². The molecule has 0 radical (unpaired) electrons. The first-order chi connectivity index (χ1) is 8.95. The molecule has 2 N–H and O–H groups in total. The molecule has 1 aliphatic heterocycles. The molecule has 2 rings (SSSR count). The van der Waals surface area contributed by atoms with Gasteiger partial charge in [0, 0.05) is 25.6 Å². The number of rotatable bonds is 6. The van der Waals surface area contributed by atoms with Crippen LogP contribution in [0.15, 0.2) is 0 Å². The number of carbonyl (C=O) groups is 2. The minimum atomic E-state index is -0.424. The third-order valence-electron chi connectivity index (χ3n) is 3.84. The molecule has 5 nitrogen and oxygen atoms in total. The maximum absolute atomic E-state index is 12.1. The van der Waals surface area contributed by atoms with E-state index in [0.29, 0.717) is 25.3 Å². The van der Waals surface area contributed by atoms with Crippen molar-refractivity contribution in [3.05, 3.63) is 0 Å². The lowest BCUT2D eigenvalue weighted by Crippen LogP contribution is -2.39. The van der Waals surface area contributed by atoms with Crippen molar-refractivity contribution in [3.8, 4) is 0 Å². The normalized spacial score (nSPS) is 26.4. The van der Waals surface area contributed by atoms with Crippen LogP contribution in [0.3, 0.4) is 0 Å². The summed E-state index contributed by atoms with van der Waals surface area (Å²) in [4.78, 5) is 25.7. The Hall–Kier alpha value is -1.10. The van der Waals surface area contributed by atoms with E-state index < -0.39 is 6.10 Å². The summed E-state index contributed by atoms with van der Waals surface area (Å²) in [5.41, 5.74) is 0. The summed E-state index contributed by atoms with van der Waals surface area (Å²) in [5, 5.41) is 12.2. The molecule has 0 aromatic heterocycles. The number of aliphatic hydroxyl groups is 1. The standard InChI is InChI=1S/C14H24N2O3/c1-9(5-10(2)17)15-14(19)12-6-13(18)16(8-12)7-11-3-4-11/h9-12,17H,3-8H2,1-2H3,(H,15,19). The van der Waals surface area contributed by atoms with Gasteiger partial charge in [-0.25, -0.2) is 0 Å². The average molecular weight is 268 g/mol. The first-order valence-electron chi connectivity index (χ1n) is 7.22. The minimum absolute atomic E-state index is 0.0555. The van der Waals surface area contributed by atoms with Gasteiger partial charge in [-0.05, 0) is 39.0 Å². The van der Waals surface area contributed by atoms with Crippen LogP contribution in [0.25, 0.3) is 0 Å². The van der Waals surface area contributed by atoms with E-state index in [2.05, 4.69) is 5.32 Å². The molecule has 19 heavy (non-hydrogen) atoms. The summed E-state index contributed by atoms with van der Waals surface area (Å²) < 4.78 is 0. The zero-order chi connectivity index (χ0) is 14.0. The molecule has 1 aliphatic carbocycles. The summed E-state index contributed by atoms with van der Waals surface area (Å²) in [6.45, 7) is 4.97. The number of carbonyl (C=O) groups excluding carboxylic acids is 2. The number of amides is 2.